The fraction of sp³-hybridized carbons (Fsp3) is 0.0714. The highest BCUT2D eigenvalue weighted by Crippen LogP contribution is 2.23. The van der Waals surface area contributed by atoms with Gasteiger partial charge in [0.05, 0.1) is 23.0 Å². The number of aromatic amines is 1. The molecule has 0 aliphatic heterocycles. The maximum absolute atomic E-state index is 12.4. The third kappa shape index (κ3) is 2.42. The van der Waals surface area contributed by atoms with Crippen LogP contribution in [-0.2, 0) is 0 Å². The standard InChI is InChI=1S/C14H11BrN4O/c1-8-4-12(14(20)19-10-6-16-17-7-10)11-5-9(15)2-3-13(11)18-8/h2-7H,1H3,(H,16,17)(H,19,20). The molecular weight excluding hydrogens is 320 g/mol. The van der Waals surface area contributed by atoms with E-state index in [2.05, 4.69) is 36.4 Å². The number of fused-ring (bicyclic) bond motifs is 1. The van der Waals surface area contributed by atoms with Gasteiger partial charge in [-0.15, -0.1) is 0 Å². The summed E-state index contributed by atoms with van der Waals surface area (Å²) < 4.78 is 0.910. The van der Waals surface area contributed by atoms with E-state index in [-0.39, 0.29) is 5.91 Å². The number of anilines is 1. The number of carbonyl (C=O) groups is 1. The Morgan fingerprint density at radius 3 is 2.95 bits per heavy atom. The number of aryl methyl sites for hydroxylation is 1. The van der Waals surface area contributed by atoms with Crippen molar-refractivity contribution in [1.82, 2.24) is 15.2 Å². The van der Waals surface area contributed by atoms with Gasteiger partial charge in [-0.2, -0.15) is 5.10 Å². The number of H-pyrrole nitrogens is 1. The molecule has 20 heavy (non-hydrogen) atoms. The van der Waals surface area contributed by atoms with E-state index < -0.39 is 0 Å². The number of aromatic nitrogens is 3. The summed E-state index contributed by atoms with van der Waals surface area (Å²) in [5.74, 6) is -0.181. The van der Waals surface area contributed by atoms with Crippen LogP contribution in [0.1, 0.15) is 16.1 Å². The predicted octanol–water partition coefficient (Wildman–Crippen LogP) is 3.28. The minimum atomic E-state index is -0.181. The summed E-state index contributed by atoms with van der Waals surface area (Å²) in [4.78, 5) is 16.8. The molecule has 0 saturated carbocycles. The zero-order valence-electron chi connectivity index (χ0n) is 10.6. The predicted molar refractivity (Wildman–Crippen MR) is 80.7 cm³/mol. The van der Waals surface area contributed by atoms with Gasteiger partial charge in [0.1, 0.15) is 0 Å². The van der Waals surface area contributed by atoms with Crippen LogP contribution in [0.5, 0.6) is 0 Å². The van der Waals surface area contributed by atoms with Crippen LogP contribution in [0.3, 0.4) is 0 Å². The summed E-state index contributed by atoms with van der Waals surface area (Å²) in [6.07, 6.45) is 3.19. The largest absolute Gasteiger partial charge is 0.319 e. The molecule has 0 fully saturated rings. The van der Waals surface area contributed by atoms with E-state index in [0.29, 0.717) is 11.3 Å². The third-order valence-electron chi connectivity index (χ3n) is 2.90. The zero-order chi connectivity index (χ0) is 14.1. The first-order valence-electron chi connectivity index (χ1n) is 6.00. The molecule has 0 radical (unpaired) electrons. The Morgan fingerprint density at radius 1 is 1.35 bits per heavy atom. The smallest absolute Gasteiger partial charge is 0.256 e. The molecule has 3 rings (SSSR count). The summed E-state index contributed by atoms with van der Waals surface area (Å²) in [5.41, 5.74) is 2.82. The molecule has 2 heterocycles. The van der Waals surface area contributed by atoms with Crippen LogP contribution < -0.4 is 5.32 Å². The molecule has 0 atom stereocenters. The van der Waals surface area contributed by atoms with Crippen molar-refractivity contribution in [3.8, 4) is 0 Å². The number of pyridine rings is 1. The summed E-state index contributed by atoms with van der Waals surface area (Å²) in [7, 11) is 0. The Hall–Kier alpha value is -2.21. The SMILES string of the molecule is Cc1cc(C(=O)Nc2cn[nH]c2)c2cc(Br)ccc2n1. The fourth-order valence-corrected chi connectivity index (χ4v) is 2.40. The molecule has 0 saturated heterocycles. The number of carbonyl (C=O) groups excluding carboxylic acids is 1. The minimum Gasteiger partial charge on any atom is -0.319 e. The van der Waals surface area contributed by atoms with Crippen LogP contribution in [-0.4, -0.2) is 21.1 Å². The van der Waals surface area contributed by atoms with Crippen LogP contribution in [0.2, 0.25) is 0 Å². The normalized spacial score (nSPS) is 10.7. The maximum atomic E-state index is 12.4. The minimum absolute atomic E-state index is 0.181. The number of halogens is 1. The van der Waals surface area contributed by atoms with Crippen molar-refractivity contribution in [2.75, 3.05) is 5.32 Å². The van der Waals surface area contributed by atoms with Crippen molar-refractivity contribution in [2.45, 2.75) is 6.92 Å². The highest BCUT2D eigenvalue weighted by atomic mass is 79.9. The molecule has 0 unspecified atom stereocenters. The monoisotopic (exact) mass is 330 g/mol. The second kappa shape index (κ2) is 5.05. The summed E-state index contributed by atoms with van der Waals surface area (Å²) in [6.45, 7) is 1.87. The lowest BCUT2D eigenvalue weighted by atomic mass is 10.1. The highest BCUT2D eigenvalue weighted by molar-refractivity contribution is 9.10. The molecule has 6 heteroatoms. The molecule has 0 aliphatic rings. The van der Waals surface area contributed by atoms with E-state index in [9.17, 15) is 4.79 Å². The lowest BCUT2D eigenvalue weighted by Crippen LogP contribution is -2.12. The molecule has 5 nitrogen and oxygen atoms in total. The quantitative estimate of drug-likeness (QED) is 0.757. The molecule has 2 aromatic heterocycles. The second-order valence-corrected chi connectivity index (χ2v) is 5.33. The van der Waals surface area contributed by atoms with Gasteiger partial charge >= 0.3 is 0 Å². The number of hydrogen-bond acceptors (Lipinski definition) is 3. The van der Waals surface area contributed by atoms with Gasteiger partial charge in [-0.1, -0.05) is 15.9 Å². The number of benzene rings is 1. The molecule has 100 valence electrons. The van der Waals surface area contributed by atoms with Crippen LogP contribution in [0.4, 0.5) is 5.69 Å². The third-order valence-corrected chi connectivity index (χ3v) is 3.39. The molecule has 1 aromatic carbocycles. The Bertz CT molecular complexity index is 783. The highest BCUT2D eigenvalue weighted by Gasteiger charge is 2.13. The van der Waals surface area contributed by atoms with Gasteiger partial charge in [-0.3, -0.25) is 14.9 Å². The molecule has 1 amide bonds. The van der Waals surface area contributed by atoms with E-state index in [1.165, 1.54) is 0 Å². The van der Waals surface area contributed by atoms with Gasteiger partial charge in [0, 0.05) is 21.7 Å². The Kier molecular flexibility index (Phi) is 3.23. The Morgan fingerprint density at radius 2 is 2.20 bits per heavy atom. The van der Waals surface area contributed by atoms with E-state index in [4.69, 9.17) is 0 Å². The molecular formula is C14H11BrN4O. The summed E-state index contributed by atoms with van der Waals surface area (Å²) in [5, 5.41) is 10.1. The van der Waals surface area contributed by atoms with Crippen LogP contribution in [0, 0.1) is 6.92 Å². The van der Waals surface area contributed by atoms with Crippen molar-refractivity contribution in [3.05, 3.63) is 52.4 Å². The van der Waals surface area contributed by atoms with Crippen molar-refractivity contribution in [1.29, 1.82) is 0 Å². The summed E-state index contributed by atoms with van der Waals surface area (Å²) in [6, 6.07) is 7.48. The van der Waals surface area contributed by atoms with Gasteiger partial charge in [0.25, 0.3) is 5.91 Å². The first-order chi connectivity index (χ1) is 9.63. The average Bonchev–Trinajstić information content (AvgIpc) is 2.91. The molecule has 2 N–H and O–H groups in total. The van der Waals surface area contributed by atoms with E-state index in [0.717, 1.165) is 21.1 Å². The number of nitrogens with zero attached hydrogens (tertiary/aromatic N) is 2. The van der Waals surface area contributed by atoms with Crippen molar-refractivity contribution < 1.29 is 4.79 Å². The molecule has 0 aliphatic carbocycles. The van der Waals surface area contributed by atoms with Crippen molar-refractivity contribution in [2.24, 2.45) is 0 Å². The fourth-order valence-electron chi connectivity index (χ4n) is 2.04. The van der Waals surface area contributed by atoms with Crippen molar-refractivity contribution >= 4 is 38.4 Å². The first kappa shape index (κ1) is 12.8. The second-order valence-electron chi connectivity index (χ2n) is 4.41. The van der Waals surface area contributed by atoms with Gasteiger partial charge in [0.15, 0.2) is 0 Å². The van der Waals surface area contributed by atoms with E-state index in [1.54, 1.807) is 18.5 Å². The van der Waals surface area contributed by atoms with Crippen LogP contribution in [0.15, 0.2) is 41.1 Å². The molecule has 0 spiro atoms. The van der Waals surface area contributed by atoms with E-state index in [1.807, 2.05) is 25.1 Å². The van der Waals surface area contributed by atoms with Gasteiger partial charge in [-0.25, -0.2) is 0 Å². The van der Waals surface area contributed by atoms with Crippen molar-refractivity contribution in [3.63, 3.8) is 0 Å². The first-order valence-corrected chi connectivity index (χ1v) is 6.80. The Balaban J connectivity index is 2.09. The number of rotatable bonds is 2. The van der Waals surface area contributed by atoms with Gasteiger partial charge < -0.3 is 5.32 Å². The Labute approximate surface area is 123 Å². The van der Waals surface area contributed by atoms with E-state index >= 15 is 0 Å². The molecule has 0 bridgehead atoms. The average molecular weight is 331 g/mol. The summed E-state index contributed by atoms with van der Waals surface area (Å²) >= 11 is 3.42. The van der Waals surface area contributed by atoms with Gasteiger partial charge in [0.2, 0.25) is 0 Å². The van der Waals surface area contributed by atoms with Gasteiger partial charge in [-0.05, 0) is 31.2 Å². The lowest BCUT2D eigenvalue weighted by Gasteiger charge is -2.08. The zero-order valence-corrected chi connectivity index (χ0v) is 12.2. The number of nitrogens with one attached hydrogen (secondary N) is 2. The number of hydrogen-bond donors (Lipinski definition) is 2. The number of amides is 1. The maximum Gasteiger partial charge on any atom is 0.256 e. The van der Waals surface area contributed by atoms with Crippen LogP contribution >= 0.6 is 15.9 Å². The van der Waals surface area contributed by atoms with Crippen LogP contribution in [0.25, 0.3) is 10.9 Å². The topological polar surface area (TPSA) is 70.7 Å². The lowest BCUT2D eigenvalue weighted by molar-refractivity contribution is 0.102. The molecule has 3 aromatic rings.